The van der Waals surface area contributed by atoms with Crippen molar-refractivity contribution in [3.05, 3.63) is 48.6 Å². The van der Waals surface area contributed by atoms with Crippen LogP contribution in [0.25, 0.3) is 0 Å². The van der Waals surface area contributed by atoms with E-state index >= 15 is 0 Å². The van der Waals surface area contributed by atoms with Gasteiger partial charge in [0.15, 0.2) is 12.2 Å². The predicted octanol–water partition coefficient (Wildman–Crippen LogP) is -4.13. The number of hydrogen-bond acceptors (Lipinski definition) is 14. The maximum atomic E-state index is 10.1. The first-order valence-corrected chi connectivity index (χ1v) is 12.7. The molecule has 0 radical (unpaired) electrons. The number of aliphatic carboxylic acids is 2. The van der Waals surface area contributed by atoms with E-state index in [0.717, 1.165) is 26.2 Å². The van der Waals surface area contributed by atoms with Crippen LogP contribution >= 0.6 is 0 Å². The molecule has 8 atom stereocenters. The van der Waals surface area contributed by atoms with Gasteiger partial charge in [-0.1, -0.05) is 0 Å². The average Bonchev–Trinajstić information content (AvgIpc) is 3.80. The number of aliphatic hydroxyl groups excluding tert-OH is 4. The van der Waals surface area contributed by atoms with Crippen molar-refractivity contribution in [2.24, 2.45) is 0 Å². The molecule has 4 aliphatic heterocycles. The molecule has 40 heavy (non-hydrogen) atoms. The number of carboxylic acid groups (broad SMARTS) is 2. The number of aliphatic hydroxyl groups is 4. The van der Waals surface area contributed by atoms with E-state index in [1.165, 1.54) is 24.0 Å². The molecule has 2 aromatic rings. The first-order valence-electron chi connectivity index (χ1n) is 12.7. The number of nitrogens with one attached hydrogen (secondary N) is 4. The van der Waals surface area contributed by atoms with Crippen LogP contribution in [0.15, 0.2) is 37.4 Å². The molecule has 16 heteroatoms. The van der Waals surface area contributed by atoms with E-state index in [2.05, 4.69) is 41.2 Å². The molecule has 4 bridgehead atoms. The summed E-state index contributed by atoms with van der Waals surface area (Å²) in [5, 5.41) is 65.5. The third-order valence-electron chi connectivity index (χ3n) is 7.68. The second-order valence-electron chi connectivity index (χ2n) is 10.3. The first kappa shape index (κ1) is 29.8. The molecule has 4 aliphatic rings. The van der Waals surface area contributed by atoms with Gasteiger partial charge in [-0.05, 0) is 12.8 Å². The Balaban J connectivity index is 0.000000139. The monoisotopic (exact) mass is 562 g/mol. The Labute approximate surface area is 228 Å². The zero-order valence-corrected chi connectivity index (χ0v) is 21.5. The molecule has 16 nitrogen and oxygen atoms in total. The highest BCUT2D eigenvalue weighted by atomic mass is 16.4. The molecule has 4 fully saturated rings. The Morgan fingerprint density at radius 1 is 0.700 bits per heavy atom. The lowest BCUT2D eigenvalue weighted by atomic mass is 9.93. The minimum absolute atomic E-state index is 0.117. The summed E-state index contributed by atoms with van der Waals surface area (Å²) in [7, 11) is 0. The molecule has 4 saturated heterocycles. The molecule has 10 N–H and O–H groups in total. The lowest BCUT2D eigenvalue weighted by molar-refractivity contribution is -0.172. The van der Waals surface area contributed by atoms with E-state index < -0.39 is 36.4 Å². The standard InChI is InChI=1S/2C9H12N4.C6H10O8/c2*1-8-4-13-9(1,5-12-8)7-2-10-6-11-3-7;7-1(3(9)5(11)12)2(8)4(10)6(13)14/h2*2-3,6,8,12-13H,1,4-5H2;1-4,7-10H,(H,11,12)(H,13,14)/t2*8-,9+;1-,2+,3+,4-/m00./s1. The summed E-state index contributed by atoms with van der Waals surface area (Å²) in [4.78, 5) is 36.4. The van der Waals surface area contributed by atoms with E-state index in [9.17, 15) is 9.59 Å². The minimum atomic E-state index is -2.36. The highest BCUT2D eigenvalue weighted by molar-refractivity contribution is 5.75. The Hall–Kier alpha value is -3.22. The molecule has 218 valence electrons. The molecule has 6 heterocycles. The zero-order chi connectivity index (χ0) is 28.9. The van der Waals surface area contributed by atoms with Crippen molar-refractivity contribution in [1.82, 2.24) is 41.2 Å². The zero-order valence-electron chi connectivity index (χ0n) is 21.5. The quantitative estimate of drug-likeness (QED) is 0.154. The fraction of sp³-hybridized carbons (Fsp3) is 0.583. The third-order valence-corrected chi connectivity index (χ3v) is 7.68. The van der Waals surface area contributed by atoms with Crippen LogP contribution in [0.1, 0.15) is 24.0 Å². The van der Waals surface area contributed by atoms with Crippen LogP contribution in [-0.2, 0) is 20.7 Å². The summed E-state index contributed by atoms with van der Waals surface area (Å²) in [6.07, 6.45) is 3.86. The summed E-state index contributed by atoms with van der Waals surface area (Å²) in [6, 6.07) is 1.28. The Morgan fingerprint density at radius 2 is 1.05 bits per heavy atom. The molecule has 0 aliphatic carbocycles. The first-order chi connectivity index (χ1) is 19.1. The highest BCUT2D eigenvalue weighted by Gasteiger charge is 2.47. The van der Waals surface area contributed by atoms with Gasteiger partial charge in [0.1, 0.15) is 24.9 Å². The number of aromatic nitrogens is 4. The Kier molecular flexibility index (Phi) is 9.32. The summed E-state index contributed by atoms with van der Waals surface area (Å²) in [6.45, 7) is 4.14. The summed E-state index contributed by atoms with van der Waals surface area (Å²) in [5.74, 6) is -3.68. The van der Waals surface area contributed by atoms with Crippen molar-refractivity contribution in [2.45, 2.75) is 60.4 Å². The van der Waals surface area contributed by atoms with Crippen molar-refractivity contribution in [3.63, 3.8) is 0 Å². The van der Waals surface area contributed by atoms with E-state index in [1.807, 2.05) is 24.8 Å². The van der Waals surface area contributed by atoms with Crippen LogP contribution in [-0.4, -0.2) is 125 Å². The van der Waals surface area contributed by atoms with Gasteiger partial charge in [-0.3, -0.25) is 0 Å². The van der Waals surface area contributed by atoms with Gasteiger partial charge in [0.25, 0.3) is 0 Å². The molecule has 0 saturated carbocycles. The second kappa shape index (κ2) is 12.5. The largest absolute Gasteiger partial charge is 0.479 e. The minimum Gasteiger partial charge on any atom is -0.479 e. The number of carbonyl (C=O) groups is 2. The van der Waals surface area contributed by atoms with Crippen molar-refractivity contribution < 1.29 is 40.2 Å². The molecular formula is C24H34N8O8. The summed E-state index contributed by atoms with van der Waals surface area (Å²) >= 11 is 0. The van der Waals surface area contributed by atoms with Gasteiger partial charge in [-0.15, -0.1) is 0 Å². The van der Waals surface area contributed by atoms with Crippen molar-refractivity contribution in [3.8, 4) is 0 Å². The summed E-state index contributed by atoms with van der Waals surface area (Å²) < 4.78 is 0. The van der Waals surface area contributed by atoms with Crippen LogP contribution in [0.4, 0.5) is 0 Å². The van der Waals surface area contributed by atoms with Gasteiger partial charge >= 0.3 is 11.9 Å². The maximum Gasteiger partial charge on any atom is 0.335 e. The van der Waals surface area contributed by atoms with Crippen LogP contribution in [0.3, 0.4) is 0 Å². The SMILES string of the molecule is O=C(O)[C@@H](O)[C@H](O)[C@H](O)[C@@H](O)C(=O)O.c1ncc([C@@]23CN[C@H](CN2)C3)cn1.c1ncc([C@@]23CN[C@H](CN2)C3)cn1. The maximum absolute atomic E-state index is 10.1. The highest BCUT2D eigenvalue weighted by Crippen LogP contribution is 2.35. The van der Waals surface area contributed by atoms with E-state index in [1.54, 1.807) is 12.7 Å². The normalized spacial score (nSPS) is 30.7. The van der Waals surface area contributed by atoms with Crippen LogP contribution < -0.4 is 21.3 Å². The molecular weight excluding hydrogens is 528 g/mol. The van der Waals surface area contributed by atoms with Crippen molar-refractivity contribution >= 4 is 11.9 Å². The molecule has 0 aromatic carbocycles. The number of nitrogens with zero attached hydrogens (tertiary/aromatic N) is 4. The number of hydrogen-bond donors (Lipinski definition) is 10. The lowest BCUT2D eigenvalue weighted by Gasteiger charge is -2.27. The number of fused-ring (bicyclic) bond motifs is 4. The van der Waals surface area contributed by atoms with Gasteiger partial charge in [-0.2, -0.15) is 0 Å². The number of carboxylic acids is 2. The van der Waals surface area contributed by atoms with Crippen molar-refractivity contribution in [2.75, 3.05) is 26.2 Å². The number of rotatable bonds is 7. The summed E-state index contributed by atoms with van der Waals surface area (Å²) in [5.41, 5.74) is 2.66. The van der Waals surface area contributed by atoms with Crippen LogP contribution in [0.5, 0.6) is 0 Å². The smallest absolute Gasteiger partial charge is 0.335 e. The average molecular weight is 563 g/mol. The van der Waals surface area contributed by atoms with Crippen molar-refractivity contribution in [1.29, 1.82) is 0 Å². The molecule has 2 aromatic heterocycles. The topological polar surface area (TPSA) is 255 Å². The second-order valence-corrected chi connectivity index (χ2v) is 10.3. The van der Waals surface area contributed by atoms with E-state index in [-0.39, 0.29) is 11.1 Å². The van der Waals surface area contributed by atoms with Crippen LogP contribution in [0, 0.1) is 0 Å². The molecule has 0 spiro atoms. The Morgan fingerprint density at radius 3 is 1.27 bits per heavy atom. The fourth-order valence-electron chi connectivity index (χ4n) is 5.36. The third kappa shape index (κ3) is 6.39. The predicted molar refractivity (Wildman–Crippen MR) is 136 cm³/mol. The van der Waals surface area contributed by atoms with Gasteiger partial charge in [0.05, 0.1) is 11.1 Å². The van der Waals surface area contributed by atoms with Gasteiger partial charge in [0, 0.05) is 74.2 Å². The number of piperazine rings is 2. The molecule has 6 rings (SSSR count). The lowest BCUT2D eigenvalue weighted by Crippen LogP contribution is -2.49. The molecule has 0 amide bonds. The Bertz CT molecular complexity index is 1040. The fourth-order valence-corrected chi connectivity index (χ4v) is 5.36. The molecule has 0 unspecified atom stereocenters. The van der Waals surface area contributed by atoms with Gasteiger partial charge < -0.3 is 51.9 Å². The van der Waals surface area contributed by atoms with E-state index in [4.69, 9.17) is 30.6 Å². The van der Waals surface area contributed by atoms with E-state index in [0.29, 0.717) is 12.1 Å². The van der Waals surface area contributed by atoms with Gasteiger partial charge in [0.2, 0.25) is 0 Å². The van der Waals surface area contributed by atoms with Crippen LogP contribution in [0.2, 0.25) is 0 Å². The van der Waals surface area contributed by atoms with Gasteiger partial charge in [-0.25, -0.2) is 29.5 Å².